The van der Waals surface area contributed by atoms with Crippen LogP contribution in [0.15, 0.2) is 42.5 Å². The molecule has 4 nitrogen and oxygen atoms in total. The van der Waals surface area contributed by atoms with E-state index in [1.807, 2.05) is 56.3 Å². The molecule has 0 fully saturated rings. The van der Waals surface area contributed by atoms with Crippen molar-refractivity contribution in [2.45, 2.75) is 20.4 Å². The summed E-state index contributed by atoms with van der Waals surface area (Å²) in [4.78, 5) is 11.9. The second kappa shape index (κ2) is 6.10. The standard InChI is InChI=1S/C16H19N3O/c1-11-8-14(17)9-12(2)15(11)19-16(20)18-10-13-6-4-3-5-7-13/h3-9H,10,17H2,1-2H3,(H2,18,19,20). The third kappa shape index (κ3) is 3.51. The van der Waals surface area contributed by atoms with Gasteiger partial charge in [-0.05, 0) is 42.7 Å². The number of nitrogen functional groups attached to an aromatic ring is 1. The highest BCUT2D eigenvalue weighted by molar-refractivity contribution is 5.91. The Morgan fingerprint density at radius 1 is 1.10 bits per heavy atom. The van der Waals surface area contributed by atoms with E-state index in [4.69, 9.17) is 5.73 Å². The van der Waals surface area contributed by atoms with Crippen molar-refractivity contribution in [1.29, 1.82) is 0 Å². The average molecular weight is 269 g/mol. The summed E-state index contributed by atoms with van der Waals surface area (Å²) >= 11 is 0. The van der Waals surface area contributed by atoms with Crippen molar-refractivity contribution in [2.24, 2.45) is 0 Å². The normalized spacial score (nSPS) is 10.1. The van der Waals surface area contributed by atoms with E-state index in [2.05, 4.69) is 10.6 Å². The molecule has 0 saturated heterocycles. The average Bonchev–Trinajstić information content (AvgIpc) is 2.42. The smallest absolute Gasteiger partial charge is 0.319 e. The van der Waals surface area contributed by atoms with Crippen molar-refractivity contribution in [2.75, 3.05) is 11.1 Å². The zero-order valence-electron chi connectivity index (χ0n) is 11.7. The lowest BCUT2D eigenvalue weighted by Crippen LogP contribution is -2.28. The largest absolute Gasteiger partial charge is 0.399 e. The minimum absolute atomic E-state index is 0.218. The number of aryl methyl sites for hydroxylation is 2. The van der Waals surface area contributed by atoms with Gasteiger partial charge in [0.15, 0.2) is 0 Å². The van der Waals surface area contributed by atoms with Crippen LogP contribution in [0.4, 0.5) is 16.2 Å². The Morgan fingerprint density at radius 3 is 2.30 bits per heavy atom. The number of hydrogen-bond donors (Lipinski definition) is 3. The van der Waals surface area contributed by atoms with Gasteiger partial charge in [0, 0.05) is 17.9 Å². The van der Waals surface area contributed by atoms with Crippen LogP contribution in [0.25, 0.3) is 0 Å². The molecule has 0 aliphatic rings. The number of carbonyl (C=O) groups excluding carboxylic acids is 1. The van der Waals surface area contributed by atoms with Crippen LogP contribution in [0.1, 0.15) is 16.7 Å². The predicted molar refractivity (Wildman–Crippen MR) is 82.6 cm³/mol. The Morgan fingerprint density at radius 2 is 1.70 bits per heavy atom. The highest BCUT2D eigenvalue weighted by Crippen LogP contribution is 2.23. The second-order valence-electron chi connectivity index (χ2n) is 4.82. The molecule has 0 bridgehead atoms. The van der Waals surface area contributed by atoms with Crippen molar-refractivity contribution in [1.82, 2.24) is 5.32 Å². The number of benzene rings is 2. The van der Waals surface area contributed by atoms with Gasteiger partial charge in [0.2, 0.25) is 0 Å². The highest BCUT2D eigenvalue weighted by atomic mass is 16.2. The molecule has 2 rings (SSSR count). The molecule has 0 aromatic heterocycles. The molecule has 4 N–H and O–H groups in total. The highest BCUT2D eigenvalue weighted by Gasteiger charge is 2.07. The fraction of sp³-hybridized carbons (Fsp3) is 0.188. The van der Waals surface area contributed by atoms with Crippen molar-refractivity contribution in [3.05, 3.63) is 59.2 Å². The maximum Gasteiger partial charge on any atom is 0.319 e. The zero-order valence-corrected chi connectivity index (χ0v) is 11.7. The molecule has 0 radical (unpaired) electrons. The molecule has 4 heteroatoms. The van der Waals surface area contributed by atoms with Gasteiger partial charge in [0.05, 0.1) is 0 Å². The van der Waals surface area contributed by atoms with Gasteiger partial charge < -0.3 is 16.4 Å². The Labute approximate surface area is 119 Å². The number of nitrogens with two attached hydrogens (primary N) is 1. The molecule has 0 spiro atoms. The van der Waals surface area contributed by atoms with Crippen LogP contribution < -0.4 is 16.4 Å². The summed E-state index contributed by atoms with van der Waals surface area (Å²) in [5.41, 5.74) is 10.3. The first kappa shape index (κ1) is 13.9. The lowest BCUT2D eigenvalue weighted by atomic mass is 10.1. The molecule has 0 unspecified atom stereocenters. The van der Waals surface area contributed by atoms with Gasteiger partial charge in [-0.15, -0.1) is 0 Å². The summed E-state index contributed by atoms with van der Waals surface area (Å²) in [7, 11) is 0. The van der Waals surface area contributed by atoms with Crippen LogP contribution in [0.2, 0.25) is 0 Å². The van der Waals surface area contributed by atoms with Crippen LogP contribution in [0.5, 0.6) is 0 Å². The van der Waals surface area contributed by atoms with E-state index in [0.717, 1.165) is 22.4 Å². The van der Waals surface area contributed by atoms with Gasteiger partial charge in [-0.1, -0.05) is 30.3 Å². The van der Waals surface area contributed by atoms with Crippen LogP contribution in [-0.2, 0) is 6.54 Å². The van der Waals surface area contributed by atoms with Gasteiger partial charge in [-0.3, -0.25) is 0 Å². The van der Waals surface area contributed by atoms with Crippen molar-refractivity contribution in [3.8, 4) is 0 Å². The van der Waals surface area contributed by atoms with Gasteiger partial charge in [0.1, 0.15) is 0 Å². The van der Waals surface area contributed by atoms with Gasteiger partial charge in [0.25, 0.3) is 0 Å². The summed E-state index contributed by atoms with van der Waals surface area (Å²) in [5, 5.41) is 5.71. The van der Waals surface area contributed by atoms with E-state index >= 15 is 0 Å². The monoisotopic (exact) mass is 269 g/mol. The molecule has 0 aliphatic carbocycles. The molecule has 0 saturated carbocycles. The molecule has 2 amide bonds. The lowest BCUT2D eigenvalue weighted by molar-refractivity contribution is 0.251. The Bertz CT molecular complexity index is 585. The summed E-state index contributed by atoms with van der Waals surface area (Å²) in [5.74, 6) is 0. The van der Waals surface area contributed by atoms with E-state index in [0.29, 0.717) is 12.2 Å². The molecule has 0 aliphatic heterocycles. The van der Waals surface area contributed by atoms with E-state index < -0.39 is 0 Å². The maximum atomic E-state index is 11.9. The number of hydrogen-bond acceptors (Lipinski definition) is 2. The van der Waals surface area contributed by atoms with Gasteiger partial charge >= 0.3 is 6.03 Å². The summed E-state index contributed by atoms with van der Waals surface area (Å²) in [6, 6.07) is 13.3. The Kier molecular flexibility index (Phi) is 4.25. The number of anilines is 2. The van der Waals surface area contributed by atoms with Gasteiger partial charge in [-0.2, -0.15) is 0 Å². The number of rotatable bonds is 3. The van der Waals surface area contributed by atoms with Crippen molar-refractivity contribution >= 4 is 17.4 Å². The van der Waals surface area contributed by atoms with Crippen LogP contribution in [0, 0.1) is 13.8 Å². The number of carbonyl (C=O) groups is 1. The minimum Gasteiger partial charge on any atom is -0.399 e. The fourth-order valence-corrected chi connectivity index (χ4v) is 2.13. The Hall–Kier alpha value is -2.49. The molecule has 20 heavy (non-hydrogen) atoms. The van der Waals surface area contributed by atoms with Crippen molar-refractivity contribution in [3.63, 3.8) is 0 Å². The van der Waals surface area contributed by atoms with E-state index in [1.165, 1.54) is 0 Å². The molecule has 2 aromatic carbocycles. The lowest BCUT2D eigenvalue weighted by Gasteiger charge is -2.13. The fourth-order valence-electron chi connectivity index (χ4n) is 2.13. The summed E-state index contributed by atoms with van der Waals surface area (Å²) in [6.07, 6.45) is 0. The number of urea groups is 1. The first-order valence-electron chi connectivity index (χ1n) is 6.52. The first-order chi connectivity index (χ1) is 9.56. The summed E-state index contributed by atoms with van der Waals surface area (Å²) < 4.78 is 0. The predicted octanol–water partition coefficient (Wildman–Crippen LogP) is 3.21. The minimum atomic E-state index is -0.218. The number of nitrogens with one attached hydrogen (secondary N) is 2. The molecular weight excluding hydrogens is 250 g/mol. The van der Waals surface area contributed by atoms with E-state index in [9.17, 15) is 4.79 Å². The van der Waals surface area contributed by atoms with E-state index in [-0.39, 0.29) is 6.03 Å². The molecule has 0 atom stereocenters. The number of amides is 2. The molecular formula is C16H19N3O. The molecule has 0 heterocycles. The third-order valence-corrected chi connectivity index (χ3v) is 3.09. The maximum absolute atomic E-state index is 11.9. The van der Waals surface area contributed by atoms with Crippen LogP contribution in [0.3, 0.4) is 0 Å². The topological polar surface area (TPSA) is 67.1 Å². The van der Waals surface area contributed by atoms with Crippen LogP contribution in [-0.4, -0.2) is 6.03 Å². The molecule has 104 valence electrons. The third-order valence-electron chi connectivity index (χ3n) is 3.09. The quantitative estimate of drug-likeness (QED) is 0.749. The Balaban J connectivity index is 1.98. The molecule has 2 aromatic rings. The summed E-state index contributed by atoms with van der Waals surface area (Å²) in [6.45, 7) is 4.35. The van der Waals surface area contributed by atoms with E-state index in [1.54, 1.807) is 0 Å². The zero-order chi connectivity index (χ0) is 14.5. The SMILES string of the molecule is Cc1cc(N)cc(C)c1NC(=O)NCc1ccccc1. The van der Waals surface area contributed by atoms with Crippen LogP contribution >= 0.6 is 0 Å². The second-order valence-corrected chi connectivity index (χ2v) is 4.82. The first-order valence-corrected chi connectivity index (χ1v) is 6.52. The van der Waals surface area contributed by atoms with Gasteiger partial charge in [-0.25, -0.2) is 4.79 Å². The van der Waals surface area contributed by atoms with Crippen molar-refractivity contribution < 1.29 is 4.79 Å².